The molecule has 1 saturated heterocycles. The molecular weight excluding hydrogens is 250 g/mol. The zero-order chi connectivity index (χ0) is 14.0. The van der Waals surface area contributed by atoms with Gasteiger partial charge in [-0.2, -0.15) is 0 Å². The molecule has 0 radical (unpaired) electrons. The van der Waals surface area contributed by atoms with Crippen molar-refractivity contribution in [2.75, 3.05) is 19.8 Å². The summed E-state index contributed by atoms with van der Waals surface area (Å²) in [6, 6.07) is 6.13. The van der Waals surface area contributed by atoms with Crippen LogP contribution in [-0.2, 0) is 11.3 Å². The molecule has 108 valence electrons. The Hall–Kier alpha value is -1.39. The van der Waals surface area contributed by atoms with E-state index in [0.29, 0.717) is 5.41 Å². The van der Waals surface area contributed by atoms with E-state index in [2.05, 4.69) is 46.9 Å². The number of pyridine rings is 1. The fourth-order valence-electron chi connectivity index (χ4n) is 2.90. The van der Waals surface area contributed by atoms with Gasteiger partial charge in [-0.15, -0.1) is 0 Å². The van der Waals surface area contributed by atoms with Crippen molar-refractivity contribution in [3.05, 3.63) is 35.8 Å². The Bertz CT molecular complexity index is 584. The first-order chi connectivity index (χ1) is 9.68. The van der Waals surface area contributed by atoms with Gasteiger partial charge in [0.2, 0.25) is 0 Å². The predicted octanol–water partition coefficient (Wildman–Crippen LogP) is 2.55. The first kappa shape index (κ1) is 13.6. The van der Waals surface area contributed by atoms with Gasteiger partial charge in [0.1, 0.15) is 5.65 Å². The Morgan fingerprint density at radius 3 is 2.95 bits per heavy atom. The number of nitrogens with zero attached hydrogens (tertiary/aromatic N) is 2. The van der Waals surface area contributed by atoms with Crippen LogP contribution in [0.4, 0.5) is 0 Å². The van der Waals surface area contributed by atoms with Crippen LogP contribution in [0.15, 0.2) is 24.4 Å². The summed E-state index contributed by atoms with van der Waals surface area (Å²) in [6.45, 7) is 8.13. The van der Waals surface area contributed by atoms with Crippen molar-refractivity contribution in [2.45, 2.75) is 33.2 Å². The molecule has 0 aromatic carbocycles. The lowest BCUT2D eigenvalue weighted by Gasteiger charge is -2.33. The van der Waals surface area contributed by atoms with Crippen LogP contribution in [0.2, 0.25) is 0 Å². The van der Waals surface area contributed by atoms with Crippen LogP contribution < -0.4 is 5.32 Å². The van der Waals surface area contributed by atoms with Crippen LogP contribution in [0, 0.1) is 12.3 Å². The summed E-state index contributed by atoms with van der Waals surface area (Å²) in [4.78, 5) is 4.60. The quantitative estimate of drug-likeness (QED) is 0.930. The number of imidazole rings is 1. The van der Waals surface area contributed by atoms with E-state index >= 15 is 0 Å². The molecule has 0 aliphatic carbocycles. The van der Waals surface area contributed by atoms with Gasteiger partial charge >= 0.3 is 0 Å². The van der Waals surface area contributed by atoms with Crippen LogP contribution >= 0.6 is 0 Å². The van der Waals surface area contributed by atoms with E-state index in [1.165, 1.54) is 5.69 Å². The molecule has 0 spiro atoms. The average Bonchev–Trinajstić information content (AvgIpc) is 2.76. The number of aromatic nitrogens is 2. The third-order valence-electron chi connectivity index (χ3n) is 4.37. The number of hydrogen-bond acceptors (Lipinski definition) is 3. The Balaban J connectivity index is 1.66. The van der Waals surface area contributed by atoms with E-state index in [4.69, 9.17) is 4.74 Å². The average molecular weight is 273 g/mol. The molecule has 0 amide bonds. The lowest BCUT2D eigenvalue weighted by Crippen LogP contribution is -2.36. The molecular formula is C16H23N3O. The van der Waals surface area contributed by atoms with Gasteiger partial charge in [-0.1, -0.05) is 13.0 Å². The molecule has 3 rings (SSSR count). The van der Waals surface area contributed by atoms with Crippen LogP contribution in [0.3, 0.4) is 0 Å². The Morgan fingerprint density at radius 2 is 2.15 bits per heavy atom. The zero-order valence-electron chi connectivity index (χ0n) is 12.4. The second kappa shape index (κ2) is 5.54. The summed E-state index contributed by atoms with van der Waals surface area (Å²) in [7, 11) is 0. The van der Waals surface area contributed by atoms with Crippen molar-refractivity contribution >= 4 is 5.65 Å². The van der Waals surface area contributed by atoms with Gasteiger partial charge in [-0.05, 0) is 37.3 Å². The molecule has 0 saturated carbocycles. The highest BCUT2D eigenvalue weighted by Gasteiger charge is 2.26. The summed E-state index contributed by atoms with van der Waals surface area (Å²) in [5.41, 5.74) is 3.77. The minimum atomic E-state index is 0.368. The number of hydrogen-bond donors (Lipinski definition) is 1. The molecule has 0 unspecified atom stereocenters. The van der Waals surface area contributed by atoms with E-state index in [-0.39, 0.29) is 0 Å². The van der Waals surface area contributed by atoms with Crippen LogP contribution in [0.5, 0.6) is 0 Å². The standard InChI is InChI=1S/C16H23N3O/c1-13-14(19-8-4-3-5-15(19)18-13)11-17-12-16(2)6-9-20-10-7-16/h3-5,8,17H,6-7,9-12H2,1-2H3. The van der Waals surface area contributed by atoms with Gasteiger partial charge in [0.05, 0.1) is 11.4 Å². The summed E-state index contributed by atoms with van der Waals surface area (Å²) in [5.74, 6) is 0. The number of fused-ring (bicyclic) bond motifs is 1. The van der Waals surface area contributed by atoms with E-state index in [9.17, 15) is 0 Å². The summed E-state index contributed by atoms with van der Waals surface area (Å²) < 4.78 is 7.63. The molecule has 2 aromatic rings. The largest absolute Gasteiger partial charge is 0.381 e. The SMILES string of the molecule is Cc1nc2ccccn2c1CNCC1(C)CCOCC1. The normalized spacial score (nSPS) is 18.5. The lowest BCUT2D eigenvalue weighted by atomic mass is 9.82. The molecule has 1 aliphatic rings. The number of nitrogens with one attached hydrogen (secondary N) is 1. The minimum Gasteiger partial charge on any atom is -0.381 e. The number of rotatable bonds is 4. The summed E-state index contributed by atoms with van der Waals surface area (Å²) in [6.07, 6.45) is 4.38. The minimum absolute atomic E-state index is 0.368. The highest BCUT2D eigenvalue weighted by Crippen LogP contribution is 2.28. The molecule has 4 nitrogen and oxygen atoms in total. The highest BCUT2D eigenvalue weighted by molar-refractivity contribution is 5.42. The van der Waals surface area contributed by atoms with Crippen LogP contribution in [-0.4, -0.2) is 29.1 Å². The van der Waals surface area contributed by atoms with Crippen molar-refractivity contribution in [1.82, 2.24) is 14.7 Å². The van der Waals surface area contributed by atoms with Crippen LogP contribution in [0.25, 0.3) is 5.65 Å². The van der Waals surface area contributed by atoms with Crippen LogP contribution in [0.1, 0.15) is 31.2 Å². The van der Waals surface area contributed by atoms with E-state index in [1.807, 2.05) is 6.07 Å². The maximum atomic E-state index is 5.45. The maximum absolute atomic E-state index is 5.45. The molecule has 1 aliphatic heterocycles. The first-order valence-electron chi connectivity index (χ1n) is 7.39. The van der Waals surface area contributed by atoms with Crippen molar-refractivity contribution < 1.29 is 4.74 Å². The highest BCUT2D eigenvalue weighted by atomic mass is 16.5. The smallest absolute Gasteiger partial charge is 0.137 e. The second-order valence-corrected chi connectivity index (χ2v) is 6.10. The van der Waals surface area contributed by atoms with Gasteiger partial charge in [-0.3, -0.25) is 0 Å². The fraction of sp³-hybridized carbons (Fsp3) is 0.562. The van der Waals surface area contributed by atoms with Crippen molar-refractivity contribution in [1.29, 1.82) is 0 Å². The molecule has 0 bridgehead atoms. The third-order valence-corrected chi connectivity index (χ3v) is 4.37. The van der Waals surface area contributed by atoms with Gasteiger partial charge in [0.15, 0.2) is 0 Å². The van der Waals surface area contributed by atoms with E-state index in [0.717, 1.165) is 50.5 Å². The fourth-order valence-corrected chi connectivity index (χ4v) is 2.90. The maximum Gasteiger partial charge on any atom is 0.137 e. The van der Waals surface area contributed by atoms with Gasteiger partial charge in [0.25, 0.3) is 0 Å². The molecule has 0 atom stereocenters. The summed E-state index contributed by atoms with van der Waals surface area (Å²) >= 11 is 0. The van der Waals surface area contributed by atoms with Crippen molar-refractivity contribution in [3.8, 4) is 0 Å². The molecule has 20 heavy (non-hydrogen) atoms. The van der Waals surface area contributed by atoms with E-state index in [1.54, 1.807) is 0 Å². The molecule has 4 heteroatoms. The summed E-state index contributed by atoms with van der Waals surface area (Å²) in [5, 5.41) is 3.61. The predicted molar refractivity (Wildman–Crippen MR) is 79.8 cm³/mol. The van der Waals surface area contributed by atoms with Gasteiger partial charge in [-0.25, -0.2) is 4.98 Å². The molecule has 1 fully saturated rings. The molecule has 1 N–H and O–H groups in total. The topological polar surface area (TPSA) is 38.6 Å². The van der Waals surface area contributed by atoms with Gasteiger partial charge in [0, 0.05) is 32.5 Å². The van der Waals surface area contributed by atoms with Crippen molar-refractivity contribution in [3.63, 3.8) is 0 Å². The Kier molecular flexibility index (Phi) is 3.76. The number of ether oxygens (including phenoxy) is 1. The molecule has 3 heterocycles. The third kappa shape index (κ3) is 2.72. The monoisotopic (exact) mass is 273 g/mol. The van der Waals surface area contributed by atoms with E-state index < -0.39 is 0 Å². The zero-order valence-corrected chi connectivity index (χ0v) is 12.4. The van der Waals surface area contributed by atoms with Crippen molar-refractivity contribution in [2.24, 2.45) is 5.41 Å². The second-order valence-electron chi connectivity index (χ2n) is 6.10. The lowest BCUT2D eigenvalue weighted by molar-refractivity contribution is 0.0239. The Labute approximate surface area is 120 Å². The number of aryl methyl sites for hydroxylation is 1. The Morgan fingerprint density at radius 1 is 1.35 bits per heavy atom. The first-order valence-corrected chi connectivity index (χ1v) is 7.39. The molecule has 2 aromatic heterocycles. The van der Waals surface area contributed by atoms with Gasteiger partial charge < -0.3 is 14.5 Å².